The predicted molar refractivity (Wildman–Crippen MR) is 78.8 cm³/mol. The number of nitrogens with one attached hydrogen (secondary N) is 1. The van der Waals surface area contributed by atoms with E-state index in [2.05, 4.69) is 51.6 Å². The molecule has 0 aliphatic carbocycles. The summed E-state index contributed by atoms with van der Waals surface area (Å²) in [4.78, 5) is 8.57. The zero-order chi connectivity index (χ0) is 14.1. The Morgan fingerprint density at radius 1 is 1.20 bits per heavy atom. The maximum Gasteiger partial charge on any atom is 0.254 e. The van der Waals surface area contributed by atoms with Crippen LogP contribution >= 0.6 is 0 Å². The summed E-state index contributed by atoms with van der Waals surface area (Å²) >= 11 is 0. The van der Waals surface area contributed by atoms with Gasteiger partial charge in [0.15, 0.2) is 0 Å². The maximum atomic E-state index is 4.41. The lowest BCUT2D eigenvalue weighted by Gasteiger charge is -2.12. The minimum absolute atomic E-state index is 0.625. The molecule has 0 saturated carbocycles. The molecule has 0 aliphatic rings. The molecular weight excluding hydrogens is 250 g/mol. The highest BCUT2D eigenvalue weighted by atomic mass is 15.4. The fourth-order valence-corrected chi connectivity index (χ4v) is 2.25. The number of anilines is 1. The van der Waals surface area contributed by atoms with E-state index in [1.165, 1.54) is 17.5 Å². The number of hydrogen-bond acceptors (Lipinski definition) is 4. The molecule has 3 rings (SSSR count). The van der Waals surface area contributed by atoms with Gasteiger partial charge in [0.25, 0.3) is 5.78 Å². The van der Waals surface area contributed by atoms with Crippen LogP contribution in [0.25, 0.3) is 5.78 Å². The number of nitrogens with zero attached hydrogens (tertiary/aromatic N) is 4. The molecule has 3 aromatic rings. The summed E-state index contributed by atoms with van der Waals surface area (Å²) in [5, 5.41) is 7.68. The molecule has 0 amide bonds. The highest BCUT2D eigenvalue weighted by Crippen LogP contribution is 2.18. The van der Waals surface area contributed by atoms with Crippen LogP contribution in [0.1, 0.15) is 22.4 Å². The molecule has 0 unspecified atom stereocenters. The molecular formula is C15H17N5. The van der Waals surface area contributed by atoms with Gasteiger partial charge in [-0.2, -0.15) is 14.6 Å². The summed E-state index contributed by atoms with van der Waals surface area (Å²) in [5.74, 6) is 1.58. The first-order valence-electron chi connectivity index (χ1n) is 6.61. The number of hydrogen-bond donors (Lipinski definition) is 1. The van der Waals surface area contributed by atoms with Gasteiger partial charge in [0.1, 0.15) is 12.1 Å². The van der Waals surface area contributed by atoms with Gasteiger partial charge >= 0.3 is 0 Å². The second kappa shape index (κ2) is 4.92. The van der Waals surface area contributed by atoms with E-state index in [0.717, 1.165) is 23.6 Å². The standard InChI is InChI=1S/C15H17N5/c1-10-5-4-6-13(7-10)8-16-14-11(2)12(3)19-15-17-9-18-20(14)15/h4-7,9,16H,8H2,1-3H3. The Balaban J connectivity index is 1.94. The molecule has 5 nitrogen and oxygen atoms in total. The number of aryl methyl sites for hydroxylation is 2. The summed E-state index contributed by atoms with van der Waals surface area (Å²) < 4.78 is 1.75. The third-order valence-corrected chi connectivity index (χ3v) is 3.45. The first-order chi connectivity index (χ1) is 9.65. The maximum absolute atomic E-state index is 4.41. The molecule has 20 heavy (non-hydrogen) atoms. The molecule has 5 heteroatoms. The van der Waals surface area contributed by atoms with E-state index in [1.54, 1.807) is 4.52 Å². The van der Waals surface area contributed by atoms with Crippen LogP contribution in [0.5, 0.6) is 0 Å². The number of fused-ring (bicyclic) bond motifs is 1. The largest absolute Gasteiger partial charge is 0.366 e. The fraction of sp³-hybridized carbons (Fsp3) is 0.267. The third kappa shape index (κ3) is 2.22. The number of benzene rings is 1. The summed E-state index contributed by atoms with van der Waals surface area (Å²) in [6.45, 7) is 6.88. The molecule has 2 heterocycles. The van der Waals surface area contributed by atoms with E-state index >= 15 is 0 Å². The molecule has 1 aromatic carbocycles. The van der Waals surface area contributed by atoms with Crippen molar-refractivity contribution < 1.29 is 0 Å². The van der Waals surface area contributed by atoms with Crippen molar-refractivity contribution in [3.63, 3.8) is 0 Å². The molecule has 0 fully saturated rings. The minimum Gasteiger partial charge on any atom is -0.366 e. The van der Waals surface area contributed by atoms with Gasteiger partial charge in [-0.1, -0.05) is 29.8 Å². The van der Waals surface area contributed by atoms with Gasteiger partial charge in [-0.15, -0.1) is 0 Å². The number of rotatable bonds is 3. The SMILES string of the molecule is Cc1cccc(CNc2c(C)c(C)nc3ncnn23)c1. The van der Waals surface area contributed by atoms with E-state index < -0.39 is 0 Å². The van der Waals surface area contributed by atoms with Crippen LogP contribution in [-0.4, -0.2) is 19.6 Å². The average molecular weight is 267 g/mol. The van der Waals surface area contributed by atoms with Crippen molar-refractivity contribution in [3.05, 3.63) is 53.0 Å². The van der Waals surface area contributed by atoms with Gasteiger partial charge in [0.05, 0.1) is 0 Å². The average Bonchev–Trinajstić information content (AvgIpc) is 2.87. The Bertz CT molecular complexity index is 760. The van der Waals surface area contributed by atoms with Crippen LogP contribution in [0, 0.1) is 20.8 Å². The molecule has 1 N–H and O–H groups in total. The Kier molecular flexibility index (Phi) is 3.10. The van der Waals surface area contributed by atoms with Gasteiger partial charge in [-0.25, -0.2) is 4.98 Å². The van der Waals surface area contributed by atoms with Crippen LogP contribution in [-0.2, 0) is 6.54 Å². The quantitative estimate of drug-likeness (QED) is 0.792. The van der Waals surface area contributed by atoms with E-state index in [-0.39, 0.29) is 0 Å². The predicted octanol–water partition coefficient (Wildman–Crippen LogP) is 2.66. The Morgan fingerprint density at radius 2 is 2.05 bits per heavy atom. The van der Waals surface area contributed by atoms with Crippen LogP contribution in [0.15, 0.2) is 30.6 Å². The van der Waals surface area contributed by atoms with E-state index in [4.69, 9.17) is 0 Å². The first-order valence-corrected chi connectivity index (χ1v) is 6.61. The van der Waals surface area contributed by atoms with Gasteiger partial charge in [-0.3, -0.25) is 0 Å². The number of aromatic nitrogens is 4. The van der Waals surface area contributed by atoms with Gasteiger partial charge in [-0.05, 0) is 26.3 Å². The van der Waals surface area contributed by atoms with Gasteiger partial charge in [0.2, 0.25) is 0 Å². The van der Waals surface area contributed by atoms with Crippen LogP contribution < -0.4 is 5.32 Å². The van der Waals surface area contributed by atoms with Crippen molar-refractivity contribution in [2.45, 2.75) is 27.3 Å². The fourth-order valence-electron chi connectivity index (χ4n) is 2.25. The van der Waals surface area contributed by atoms with Crippen LogP contribution in [0.3, 0.4) is 0 Å². The molecule has 0 atom stereocenters. The van der Waals surface area contributed by atoms with Crippen molar-refractivity contribution in [1.82, 2.24) is 19.6 Å². The van der Waals surface area contributed by atoms with Crippen molar-refractivity contribution >= 4 is 11.6 Å². The minimum atomic E-state index is 0.625. The summed E-state index contributed by atoms with van der Waals surface area (Å²) in [7, 11) is 0. The Hall–Kier alpha value is -2.43. The van der Waals surface area contributed by atoms with Crippen molar-refractivity contribution in [2.24, 2.45) is 0 Å². The zero-order valence-corrected chi connectivity index (χ0v) is 11.9. The van der Waals surface area contributed by atoms with E-state index in [9.17, 15) is 0 Å². The molecule has 0 bridgehead atoms. The van der Waals surface area contributed by atoms with Gasteiger partial charge < -0.3 is 5.32 Å². The summed E-state index contributed by atoms with van der Waals surface area (Å²) in [6.07, 6.45) is 1.53. The molecule has 2 aromatic heterocycles. The highest BCUT2D eigenvalue weighted by Gasteiger charge is 2.10. The summed E-state index contributed by atoms with van der Waals surface area (Å²) in [5.41, 5.74) is 4.57. The lowest BCUT2D eigenvalue weighted by atomic mass is 10.1. The zero-order valence-electron chi connectivity index (χ0n) is 11.9. The Morgan fingerprint density at radius 3 is 2.85 bits per heavy atom. The Labute approximate surface area is 117 Å². The summed E-state index contributed by atoms with van der Waals surface area (Å²) in [6, 6.07) is 8.46. The monoisotopic (exact) mass is 267 g/mol. The third-order valence-electron chi connectivity index (χ3n) is 3.45. The van der Waals surface area contributed by atoms with E-state index in [1.807, 2.05) is 13.8 Å². The first kappa shape index (κ1) is 12.6. The van der Waals surface area contributed by atoms with Crippen molar-refractivity contribution in [2.75, 3.05) is 5.32 Å². The van der Waals surface area contributed by atoms with Crippen LogP contribution in [0.2, 0.25) is 0 Å². The molecule has 102 valence electrons. The van der Waals surface area contributed by atoms with E-state index in [0.29, 0.717) is 5.78 Å². The second-order valence-corrected chi connectivity index (χ2v) is 4.99. The molecule has 0 aliphatic heterocycles. The lowest BCUT2D eigenvalue weighted by molar-refractivity contribution is 0.902. The topological polar surface area (TPSA) is 55.1 Å². The smallest absolute Gasteiger partial charge is 0.254 e. The van der Waals surface area contributed by atoms with Crippen molar-refractivity contribution in [1.29, 1.82) is 0 Å². The molecule has 0 spiro atoms. The lowest BCUT2D eigenvalue weighted by Crippen LogP contribution is -2.09. The van der Waals surface area contributed by atoms with Gasteiger partial charge in [0, 0.05) is 17.8 Å². The second-order valence-electron chi connectivity index (χ2n) is 4.99. The normalized spacial score (nSPS) is 10.9. The van der Waals surface area contributed by atoms with Crippen molar-refractivity contribution in [3.8, 4) is 0 Å². The highest BCUT2D eigenvalue weighted by molar-refractivity contribution is 5.52. The van der Waals surface area contributed by atoms with Crippen LogP contribution in [0.4, 0.5) is 5.82 Å². The molecule has 0 saturated heterocycles. The molecule has 0 radical (unpaired) electrons.